The summed E-state index contributed by atoms with van der Waals surface area (Å²) >= 11 is 0. The smallest absolute Gasteiger partial charge is 0.228 e. The van der Waals surface area contributed by atoms with E-state index in [1.165, 1.54) is 31.5 Å². The third kappa shape index (κ3) is 1.41. The molecule has 1 N–H and O–H groups in total. The standard InChI is InChI=1S/C14H15FN2O/c15-10-4-3-9(6-16-10)17-14(18)13-11-7-1-2-8(5-7)12(11)13/h3-4,6-8,11-13H,1-2,5H2,(H,17,18). The first kappa shape index (κ1) is 10.5. The quantitative estimate of drug-likeness (QED) is 0.814. The molecule has 1 aromatic rings. The number of nitrogens with zero attached hydrogens (tertiary/aromatic N) is 1. The molecule has 1 amide bonds. The highest BCUT2D eigenvalue weighted by molar-refractivity contribution is 5.95. The van der Waals surface area contributed by atoms with Crippen molar-refractivity contribution in [2.75, 3.05) is 5.32 Å². The van der Waals surface area contributed by atoms with E-state index >= 15 is 0 Å². The second-order valence-corrected chi connectivity index (χ2v) is 5.87. The van der Waals surface area contributed by atoms with Gasteiger partial charge in [0.2, 0.25) is 11.9 Å². The first-order valence-corrected chi connectivity index (χ1v) is 6.66. The third-order valence-electron chi connectivity index (χ3n) is 5.03. The van der Waals surface area contributed by atoms with Gasteiger partial charge in [0, 0.05) is 5.92 Å². The molecule has 0 spiro atoms. The van der Waals surface area contributed by atoms with Crippen LogP contribution in [0.4, 0.5) is 10.1 Å². The van der Waals surface area contributed by atoms with Gasteiger partial charge in [-0.05, 0) is 55.1 Å². The lowest BCUT2D eigenvalue weighted by molar-refractivity contribution is -0.118. The number of nitrogens with one attached hydrogen (secondary N) is 1. The van der Waals surface area contributed by atoms with Gasteiger partial charge in [-0.3, -0.25) is 4.79 Å². The van der Waals surface area contributed by atoms with Crippen LogP contribution in [0.2, 0.25) is 0 Å². The first-order chi connectivity index (χ1) is 8.74. The molecule has 0 saturated heterocycles. The molecule has 18 heavy (non-hydrogen) atoms. The molecule has 2 bridgehead atoms. The van der Waals surface area contributed by atoms with Crippen molar-refractivity contribution in [3.63, 3.8) is 0 Å². The molecule has 0 radical (unpaired) electrons. The molecule has 4 heteroatoms. The van der Waals surface area contributed by atoms with Crippen molar-refractivity contribution in [1.82, 2.24) is 4.98 Å². The summed E-state index contributed by atoms with van der Waals surface area (Å²) in [6.07, 6.45) is 5.35. The van der Waals surface area contributed by atoms with Gasteiger partial charge < -0.3 is 5.32 Å². The molecule has 0 aliphatic heterocycles. The van der Waals surface area contributed by atoms with Crippen molar-refractivity contribution in [3.8, 4) is 0 Å². The summed E-state index contributed by atoms with van der Waals surface area (Å²) in [6, 6.07) is 2.83. The molecule has 3 saturated carbocycles. The van der Waals surface area contributed by atoms with Crippen LogP contribution in [0.5, 0.6) is 0 Å². The number of halogens is 1. The van der Waals surface area contributed by atoms with Gasteiger partial charge in [0.25, 0.3) is 0 Å². The Morgan fingerprint density at radius 3 is 2.61 bits per heavy atom. The predicted octanol–water partition coefficient (Wildman–Crippen LogP) is 2.45. The van der Waals surface area contributed by atoms with Crippen LogP contribution in [0.1, 0.15) is 19.3 Å². The van der Waals surface area contributed by atoms with Gasteiger partial charge in [-0.2, -0.15) is 4.39 Å². The van der Waals surface area contributed by atoms with Crippen molar-refractivity contribution < 1.29 is 9.18 Å². The zero-order valence-electron chi connectivity index (χ0n) is 9.97. The first-order valence-electron chi connectivity index (χ1n) is 6.66. The highest BCUT2D eigenvalue weighted by Gasteiger charge is 2.67. The fraction of sp³-hybridized carbons (Fsp3) is 0.571. The lowest BCUT2D eigenvalue weighted by Gasteiger charge is -2.09. The molecule has 4 rings (SSSR count). The molecule has 3 fully saturated rings. The fourth-order valence-corrected chi connectivity index (χ4v) is 4.35. The van der Waals surface area contributed by atoms with E-state index in [9.17, 15) is 9.18 Å². The number of fused-ring (bicyclic) bond motifs is 5. The monoisotopic (exact) mass is 246 g/mol. The average molecular weight is 246 g/mol. The van der Waals surface area contributed by atoms with E-state index in [1.54, 1.807) is 6.07 Å². The largest absolute Gasteiger partial charge is 0.324 e. The number of carbonyl (C=O) groups is 1. The Morgan fingerprint density at radius 2 is 2.00 bits per heavy atom. The van der Waals surface area contributed by atoms with E-state index < -0.39 is 5.95 Å². The zero-order valence-corrected chi connectivity index (χ0v) is 9.97. The summed E-state index contributed by atoms with van der Waals surface area (Å²) in [4.78, 5) is 15.7. The Kier molecular flexibility index (Phi) is 2.05. The number of pyridine rings is 1. The number of carbonyl (C=O) groups excluding carboxylic acids is 1. The Balaban J connectivity index is 1.45. The van der Waals surface area contributed by atoms with E-state index in [2.05, 4.69) is 10.3 Å². The Bertz CT molecular complexity index is 485. The van der Waals surface area contributed by atoms with E-state index in [4.69, 9.17) is 0 Å². The van der Waals surface area contributed by atoms with Gasteiger partial charge in [0.15, 0.2) is 0 Å². The minimum atomic E-state index is -0.519. The van der Waals surface area contributed by atoms with Crippen LogP contribution in [-0.2, 0) is 4.79 Å². The van der Waals surface area contributed by atoms with E-state index in [-0.39, 0.29) is 11.8 Å². The van der Waals surface area contributed by atoms with Gasteiger partial charge in [0.1, 0.15) is 0 Å². The Hall–Kier alpha value is -1.45. The summed E-state index contributed by atoms with van der Waals surface area (Å²) in [5, 5.41) is 2.86. The van der Waals surface area contributed by atoms with Crippen molar-refractivity contribution in [1.29, 1.82) is 0 Å². The maximum atomic E-state index is 12.7. The maximum Gasteiger partial charge on any atom is 0.228 e. The van der Waals surface area contributed by atoms with Crippen LogP contribution in [-0.4, -0.2) is 10.9 Å². The number of rotatable bonds is 2. The number of anilines is 1. The number of amides is 1. The number of hydrogen-bond donors (Lipinski definition) is 1. The van der Waals surface area contributed by atoms with Crippen molar-refractivity contribution in [2.45, 2.75) is 19.3 Å². The van der Waals surface area contributed by atoms with Crippen LogP contribution in [0.15, 0.2) is 18.3 Å². The van der Waals surface area contributed by atoms with Gasteiger partial charge >= 0.3 is 0 Å². The topological polar surface area (TPSA) is 42.0 Å². The highest BCUT2D eigenvalue weighted by atomic mass is 19.1. The van der Waals surface area contributed by atoms with Gasteiger partial charge in [-0.25, -0.2) is 4.98 Å². The number of hydrogen-bond acceptors (Lipinski definition) is 2. The second kappa shape index (κ2) is 3.53. The van der Waals surface area contributed by atoms with Crippen molar-refractivity contribution >= 4 is 11.6 Å². The molecule has 1 heterocycles. The van der Waals surface area contributed by atoms with Crippen molar-refractivity contribution in [2.24, 2.45) is 29.6 Å². The second-order valence-electron chi connectivity index (χ2n) is 5.87. The SMILES string of the molecule is O=C(Nc1ccc(F)nc1)C1C2C3CCC(C3)C12. The van der Waals surface area contributed by atoms with Crippen LogP contribution in [0.3, 0.4) is 0 Å². The Labute approximate surface area is 105 Å². The molecule has 3 aliphatic carbocycles. The molecule has 94 valence electrons. The zero-order chi connectivity index (χ0) is 12.3. The Morgan fingerprint density at radius 1 is 1.28 bits per heavy atom. The highest BCUT2D eigenvalue weighted by Crippen LogP contribution is 2.69. The molecule has 0 aromatic carbocycles. The molecule has 4 atom stereocenters. The van der Waals surface area contributed by atoms with E-state index in [0.29, 0.717) is 17.5 Å². The lowest BCUT2D eigenvalue weighted by atomic mass is 10.0. The lowest BCUT2D eigenvalue weighted by Crippen LogP contribution is -2.18. The molecular weight excluding hydrogens is 231 g/mol. The number of aromatic nitrogens is 1. The summed E-state index contributed by atoms with van der Waals surface area (Å²) in [5.41, 5.74) is 0.596. The van der Waals surface area contributed by atoms with Gasteiger partial charge in [-0.1, -0.05) is 0 Å². The molecule has 1 aromatic heterocycles. The van der Waals surface area contributed by atoms with Gasteiger partial charge in [0.05, 0.1) is 11.9 Å². The van der Waals surface area contributed by atoms with Gasteiger partial charge in [-0.15, -0.1) is 0 Å². The van der Waals surface area contributed by atoms with E-state index in [0.717, 1.165) is 11.8 Å². The minimum Gasteiger partial charge on any atom is -0.324 e. The fourth-order valence-electron chi connectivity index (χ4n) is 4.35. The summed E-state index contributed by atoms with van der Waals surface area (Å²) < 4.78 is 12.7. The van der Waals surface area contributed by atoms with Crippen LogP contribution < -0.4 is 5.32 Å². The summed E-state index contributed by atoms with van der Waals surface area (Å²) in [7, 11) is 0. The molecular formula is C14H15FN2O. The third-order valence-corrected chi connectivity index (χ3v) is 5.03. The van der Waals surface area contributed by atoms with Crippen molar-refractivity contribution in [3.05, 3.63) is 24.3 Å². The normalized spacial score (nSPS) is 39.5. The minimum absolute atomic E-state index is 0.106. The molecule has 4 unspecified atom stereocenters. The van der Waals surface area contributed by atoms with Crippen LogP contribution >= 0.6 is 0 Å². The maximum absolute atomic E-state index is 12.7. The molecule has 3 nitrogen and oxygen atoms in total. The van der Waals surface area contributed by atoms with E-state index in [1.807, 2.05) is 0 Å². The molecule has 3 aliphatic rings. The predicted molar refractivity (Wildman–Crippen MR) is 64.1 cm³/mol. The van der Waals surface area contributed by atoms with Crippen LogP contribution in [0, 0.1) is 35.5 Å². The summed E-state index contributed by atoms with van der Waals surface area (Å²) in [6.45, 7) is 0. The average Bonchev–Trinajstić information content (AvgIpc) is 2.82. The summed E-state index contributed by atoms with van der Waals surface area (Å²) in [5.74, 6) is 2.66. The van der Waals surface area contributed by atoms with Crippen LogP contribution in [0.25, 0.3) is 0 Å².